The first kappa shape index (κ1) is 18.0. The lowest BCUT2D eigenvalue weighted by molar-refractivity contribution is 0.0692. The SMILES string of the molecule is CC[C@@H](NS(=O)(=O)c1sc2c(c1C(=O)O)CCNC2)c1ccccn1. The summed E-state index contributed by atoms with van der Waals surface area (Å²) < 4.78 is 28.3. The first-order chi connectivity index (χ1) is 11.9. The minimum absolute atomic E-state index is 0.0927. The molecule has 0 spiro atoms. The fourth-order valence-electron chi connectivity index (χ4n) is 2.89. The van der Waals surface area contributed by atoms with Crippen LogP contribution in [0.15, 0.2) is 28.6 Å². The number of rotatable bonds is 6. The van der Waals surface area contributed by atoms with Crippen molar-refractivity contribution in [1.82, 2.24) is 15.0 Å². The summed E-state index contributed by atoms with van der Waals surface area (Å²) in [5.74, 6) is -1.20. The molecule has 0 aliphatic carbocycles. The summed E-state index contributed by atoms with van der Waals surface area (Å²) in [4.78, 5) is 16.7. The highest BCUT2D eigenvalue weighted by Crippen LogP contribution is 2.35. The van der Waals surface area contributed by atoms with Gasteiger partial charge in [-0.25, -0.2) is 17.9 Å². The number of nitrogens with zero attached hydrogens (tertiary/aromatic N) is 1. The Bertz CT molecular complexity index is 878. The Balaban J connectivity index is 2.00. The third-order valence-corrected chi connectivity index (χ3v) is 7.33. The molecule has 3 heterocycles. The van der Waals surface area contributed by atoms with E-state index in [4.69, 9.17) is 0 Å². The average molecular weight is 381 g/mol. The van der Waals surface area contributed by atoms with Crippen molar-refractivity contribution in [2.24, 2.45) is 0 Å². The van der Waals surface area contributed by atoms with Crippen LogP contribution in [0.25, 0.3) is 0 Å². The Kier molecular flexibility index (Phi) is 5.19. The molecule has 1 aliphatic heterocycles. The molecule has 0 amide bonds. The highest BCUT2D eigenvalue weighted by Gasteiger charge is 2.33. The number of fused-ring (bicyclic) bond motifs is 1. The minimum Gasteiger partial charge on any atom is -0.478 e. The summed E-state index contributed by atoms with van der Waals surface area (Å²) in [6.07, 6.45) is 2.62. The number of pyridine rings is 1. The van der Waals surface area contributed by atoms with E-state index in [1.165, 1.54) is 0 Å². The van der Waals surface area contributed by atoms with Crippen LogP contribution in [-0.2, 0) is 23.0 Å². The monoisotopic (exact) mass is 381 g/mol. The number of carbonyl (C=O) groups is 1. The molecule has 3 N–H and O–H groups in total. The molecule has 0 fully saturated rings. The standard InChI is InChI=1S/C16H19N3O4S2/c1-2-11(12-5-3-4-7-18-12)19-25(22,23)16-14(15(20)21)10-6-8-17-9-13(10)24-16/h3-5,7,11,17,19H,2,6,8-9H2,1H3,(H,20,21)/t11-/m1/s1. The average Bonchev–Trinajstić information content (AvgIpc) is 3.01. The molecule has 0 saturated heterocycles. The Morgan fingerprint density at radius 1 is 1.48 bits per heavy atom. The van der Waals surface area contributed by atoms with Gasteiger partial charge in [0.25, 0.3) is 10.0 Å². The molecule has 1 aliphatic rings. The lowest BCUT2D eigenvalue weighted by atomic mass is 10.1. The molecule has 0 radical (unpaired) electrons. The van der Waals surface area contributed by atoms with E-state index in [0.717, 1.165) is 16.2 Å². The second-order valence-corrected chi connectivity index (χ2v) is 8.75. The van der Waals surface area contributed by atoms with Crippen LogP contribution in [0.3, 0.4) is 0 Å². The van der Waals surface area contributed by atoms with Gasteiger partial charge in [-0.05, 0) is 37.1 Å². The molecule has 25 heavy (non-hydrogen) atoms. The summed E-state index contributed by atoms with van der Waals surface area (Å²) >= 11 is 1.03. The van der Waals surface area contributed by atoms with Crippen molar-refractivity contribution in [3.8, 4) is 0 Å². The second-order valence-electron chi connectivity index (χ2n) is 5.73. The van der Waals surface area contributed by atoms with Crippen LogP contribution >= 0.6 is 11.3 Å². The fourth-order valence-corrected chi connectivity index (χ4v) is 6.06. The maximum Gasteiger partial charge on any atom is 0.338 e. The van der Waals surface area contributed by atoms with Gasteiger partial charge >= 0.3 is 5.97 Å². The van der Waals surface area contributed by atoms with Crippen molar-refractivity contribution >= 4 is 27.3 Å². The summed E-state index contributed by atoms with van der Waals surface area (Å²) in [5, 5.41) is 12.7. The number of carboxylic acids is 1. The molecule has 2 aromatic heterocycles. The fraction of sp³-hybridized carbons (Fsp3) is 0.375. The van der Waals surface area contributed by atoms with Gasteiger partial charge in [-0.15, -0.1) is 11.3 Å². The molecule has 1 atom stereocenters. The Hall–Kier alpha value is -1.81. The van der Waals surface area contributed by atoms with Crippen molar-refractivity contribution in [1.29, 1.82) is 0 Å². The Morgan fingerprint density at radius 3 is 2.92 bits per heavy atom. The topological polar surface area (TPSA) is 108 Å². The lowest BCUT2D eigenvalue weighted by Gasteiger charge is -2.16. The molecular formula is C16H19N3O4S2. The second kappa shape index (κ2) is 7.20. The zero-order chi connectivity index (χ0) is 18.0. The van der Waals surface area contributed by atoms with Gasteiger partial charge in [0.1, 0.15) is 4.21 Å². The normalized spacial score (nSPS) is 15.6. The number of sulfonamides is 1. The largest absolute Gasteiger partial charge is 0.478 e. The highest BCUT2D eigenvalue weighted by molar-refractivity contribution is 7.91. The van der Waals surface area contributed by atoms with Gasteiger partial charge in [0, 0.05) is 17.6 Å². The number of carboxylic acid groups (broad SMARTS) is 1. The van der Waals surface area contributed by atoms with Crippen LogP contribution in [-0.4, -0.2) is 31.0 Å². The van der Waals surface area contributed by atoms with Gasteiger partial charge in [-0.1, -0.05) is 13.0 Å². The molecule has 134 valence electrons. The van der Waals surface area contributed by atoms with E-state index in [1.807, 2.05) is 6.92 Å². The van der Waals surface area contributed by atoms with Crippen molar-refractivity contribution in [3.05, 3.63) is 46.1 Å². The molecule has 0 saturated carbocycles. The number of aromatic nitrogens is 1. The third-order valence-electron chi connectivity index (χ3n) is 4.10. The van der Waals surface area contributed by atoms with Crippen molar-refractivity contribution in [2.45, 2.75) is 36.6 Å². The van der Waals surface area contributed by atoms with Crippen LogP contribution < -0.4 is 10.0 Å². The van der Waals surface area contributed by atoms with E-state index in [-0.39, 0.29) is 9.77 Å². The molecule has 7 nitrogen and oxygen atoms in total. The maximum absolute atomic E-state index is 12.9. The zero-order valence-electron chi connectivity index (χ0n) is 13.7. The van der Waals surface area contributed by atoms with E-state index in [9.17, 15) is 18.3 Å². The third kappa shape index (κ3) is 3.59. The van der Waals surface area contributed by atoms with Crippen LogP contribution in [0.2, 0.25) is 0 Å². The van der Waals surface area contributed by atoms with E-state index in [2.05, 4.69) is 15.0 Å². The van der Waals surface area contributed by atoms with Crippen LogP contribution in [0, 0.1) is 0 Å². The summed E-state index contributed by atoms with van der Waals surface area (Å²) in [6.45, 7) is 2.99. The lowest BCUT2D eigenvalue weighted by Crippen LogP contribution is -2.29. The molecular weight excluding hydrogens is 362 g/mol. The van der Waals surface area contributed by atoms with Gasteiger partial charge in [0.15, 0.2) is 0 Å². The van der Waals surface area contributed by atoms with Crippen LogP contribution in [0.4, 0.5) is 0 Å². The molecule has 0 unspecified atom stereocenters. The van der Waals surface area contributed by atoms with Gasteiger partial charge < -0.3 is 10.4 Å². The quantitative estimate of drug-likeness (QED) is 0.705. The summed E-state index contributed by atoms with van der Waals surface area (Å²) in [7, 11) is -3.97. The number of nitrogens with one attached hydrogen (secondary N) is 2. The van der Waals surface area contributed by atoms with Crippen molar-refractivity contribution < 1.29 is 18.3 Å². The van der Waals surface area contributed by atoms with Crippen molar-refractivity contribution in [3.63, 3.8) is 0 Å². The predicted molar refractivity (Wildman–Crippen MR) is 94.3 cm³/mol. The molecule has 0 bridgehead atoms. The first-order valence-corrected chi connectivity index (χ1v) is 10.3. The van der Waals surface area contributed by atoms with Crippen LogP contribution in [0.5, 0.6) is 0 Å². The molecule has 2 aromatic rings. The van der Waals surface area contributed by atoms with E-state index >= 15 is 0 Å². The highest BCUT2D eigenvalue weighted by atomic mass is 32.2. The summed E-state index contributed by atoms with van der Waals surface area (Å²) in [6, 6.07) is 4.79. The number of aromatic carboxylic acids is 1. The smallest absolute Gasteiger partial charge is 0.338 e. The van der Waals surface area contributed by atoms with E-state index in [0.29, 0.717) is 37.2 Å². The molecule has 9 heteroatoms. The van der Waals surface area contributed by atoms with Gasteiger partial charge in [0.2, 0.25) is 0 Å². The number of hydrogen-bond donors (Lipinski definition) is 3. The number of thiophene rings is 1. The maximum atomic E-state index is 12.9. The van der Waals surface area contributed by atoms with Crippen molar-refractivity contribution in [2.75, 3.05) is 6.54 Å². The Morgan fingerprint density at radius 2 is 2.28 bits per heavy atom. The Labute approximate surface area is 150 Å². The summed E-state index contributed by atoms with van der Waals surface area (Å²) in [5.41, 5.74) is 1.14. The minimum atomic E-state index is -3.97. The van der Waals surface area contributed by atoms with Crippen LogP contribution in [0.1, 0.15) is 45.9 Å². The molecule has 3 rings (SSSR count). The zero-order valence-corrected chi connectivity index (χ0v) is 15.3. The predicted octanol–water partition coefficient (Wildman–Crippen LogP) is 1.92. The molecule has 0 aromatic carbocycles. The van der Waals surface area contributed by atoms with E-state index < -0.39 is 22.0 Å². The number of hydrogen-bond acceptors (Lipinski definition) is 6. The van der Waals surface area contributed by atoms with Gasteiger partial charge in [0.05, 0.1) is 17.3 Å². The first-order valence-electron chi connectivity index (χ1n) is 7.95. The van der Waals surface area contributed by atoms with Gasteiger partial charge in [-0.3, -0.25) is 4.98 Å². The van der Waals surface area contributed by atoms with E-state index in [1.54, 1.807) is 24.4 Å². The van der Waals surface area contributed by atoms with Gasteiger partial charge in [-0.2, -0.15) is 0 Å².